The standard InChI is InChI=1S/C14H22N2O4/c1-5-6-10(7-20-4)16-13(17)11-8(2)12(14(18)19)15-9(11)3/h10,15H,5-7H2,1-4H3,(H,16,17)(H,18,19). The highest BCUT2D eigenvalue weighted by atomic mass is 16.5. The minimum atomic E-state index is -1.06. The fourth-order valence-electron chi connectivity index (χ4n) is 2.31. The maximum absolute atomic E-state index is 12.3. The molecule has 1 aromatic heterocycles. The molecule has 1 atom stereocenters. The van der Waals surface area contributed by atoms with Crippen molar-refractivity contribution in [3.8, 4) is 0 Å². The van der Waals surface area contributed by atoms with E-state index in [4.69, 9.17) is 9.84 Å². The van der Waals surface area contributed by atoms with Gasteiger partial charge in [-0.3, -0.25) is 4.79 Å². The van der Waals surface area contributed by atoms with Crippen molar-refractivity contribution < 1.29 is 19.4 Å². The summed E-state index contributed by atoms with van der Waals surface area (Å²) in [5, 5.41) is 11.9. The first-order chi connectivity index (χ1) is 9.42. The van der Waals surface area contributed by atoms with Crippen molar-refractivity contribution in [3.05, 3.63) is 22.5 Å². The number of hydrogen-bond acceptors (Lipinski definition) is 3. The van der Waals surface area contributed by atoms with Gasteiger partial charge in [0.1, 0.15) is 5.69 Å². The quantitative estimate of drug-likeness (QED) is 0.712. The second-order valence-corrected chi connectivity index (χ2v) is 4.84. The zero-order valence-electron chi connectivity index (χ0n) is 12.4. The predicted molar refractivity (Wildman–Crippen MR) is 75.3 cm³/mol. The van der Waals surface area contributed by atoms with Crippen LogP contribution in [0.15, 0.2) is 0 Å². The van der Waals surface area contributed by atoms with Gasteiger partial charge in [0.25, 0.3) is 5.91 Å². The van der Waals surface area contributed by atoms with E-state index in [1.807, 2.05) is 6.92 Å². The lowest BCUT2D eigenvalue weighted by Gasteiger charge is -2.17. The molecule has 112 valence electrons. The van der Waals surface area contributed by atoms with Crippen LogP contribution in [0.1, 0.15) is 51.9 Å². The molecule has 6 heteroatoms. The zero-order valence-corrected chi connectivity index (χ0v) is 12.4. The smallest absolute Gasteiger partial charge is 0.352 e. The van der Waals surface area contributed by atoms with Gasteiger partial charge in [0.15, 0.2) is 0 Å². The summed E-state index contributed by atoms with van der Waals surface area (Å²) in [7, 11) is 1.59. The van der Waals surface area contributed by atoms with Crippen LogP contribution in [0.4, 0.5) is 0 Å². The lowest BCUT2D eigenvalue weighted by atomic mass is 10.1. The summed E-state index contributed by atoms with van der Waals surface area (Å²) in [6.45, 7) is 5.80. The highest BCUT2D eigenvalue weighted by Crippen LogP contribution is 2.18. The molecule has 0 radical (unpaired) electrons. The van der Waals surface area contributed by atoms with Crippen molar-refractivity contribution in [2.75, 3.05) is 13.7 Å². The van der Waals surface area contributed by atoms with Crippen molar-refractivity contribution in [2.45, 2.75) is 39.7 Å². The summed E-state index contributed by atoms with van der Waals surface area (Å²) >= 11 is 0. The molecule has 1 heterocycles. The van der Waals surface area contributed by atoms with Crippen LogP contribution in [0.25, 0.3) is 0 Å². The fraction of sp³-hybridized carbons (Fsp3) is 0.571. The third kappa shape index (κ3) is 3.60. The van der Waals surface area contributed by atoms with Gasteiger partial charge in [-0.15, -0.1) is 0 Å². The number of carboxylic acid groups (broad SMARTS) is 1. The van der Waals surface area contributed by atoms with Gasteiger partial charge < -0.3 is 20.1 Å². The van der Waals surface area contributed by atoms with Gasteiger partial charge in [-0.25, -0.2) is 4.79 Å². The van der Waals surface area contributed by atoms with Gasteiger partial charge in [0.2, 0.25) is 0 Å². The molecule has 0 fully saturated rings. The summed E-state index contributed by atoms with van der Waals surface area (Å²) < 4.78 is 5.08. The number of aryl methyl sites for hydroxylation is 1. The number of carbonyl (C=O) groups excluding carboxylic acids is 1. The average Bonchev–Trinajstić information content (AvgIpc) is 2.65. The van der Waals surface area contributed by atoms with E-state index in [1.54, 1.807) is 21.0 Å². The molecule has 0 aliphatic carbocycles. The summed E-state index contributed by atoms with van der Waals surface area (Å²) in [4.78, 5) is 26.1. The topological polar surface area (TPSA) is 91.4 Å². The Balaban J connectivity index is 2.94. The Morgan fingerprint density at radius 2 is 2.05 bits per heavy atom. The van der Waals surface area contributed by atoms with Gasteiger partial charge in [0.05, 0.1) is 18.2 Å². The molecule has 3 N–H and O–H groups in total. The molecule has 0 bridgehead atoms. The molecule has 0 aliphatic rings. The van der Waals surface area contributed by atoms with Gasteiger partial charge in [0, 0.05) is 12.8 Å². The van der Waals surface area contributed by atoms with E-state index in [0.717, 1.165) is 12.8 Å². The number of aromatic carboxylic acids is 1. The number of amides is 1. The van der Waals surface area contributed by atoms with Crippen molar-refractivity contribution in [3.63, 3.8) is 0 Å². The number of hydrogen-bond donors (Lipinski definition) is 3. The molecule has 0 aliphatic heterocycles. The number of aromatic amines is 1. The number of rotatable bonds is 7. The van der Waals surface area contributed by atoms with Crippen molar-refractivity contribution in [2.24, 2.45) is 0 Å². The van der Waals surface area contributed by atoms with Gasteiger partial charge in [-0.05, 0) is 25.8 Å². The third-order valence-electron chi connectivity index (χ3n) is 3.22. The van der Waals surface area contributed by atoms with E-state index in [9.17, 15) is 9.59 Å². The first-order valence-electron chi connectivity index (χ1n) is 6.64. The molecular formula is C14H22N2O4. The molecule has 1 aromatic rings. The van der Waals surface area contributed by atoms with Gasteiger partial charge in [-0.1, -0.05) is 13.3 Å². The minimum absolute atomic E-state index is 0.0615. The number of carboxylic acids is 1. The summed E-state index contributed by atoms with van der Waals surface area (Å²) in [6.07, 6.45) is 1.74. The van der Waals surface area contributed by atoms with Crippen LogP contribution in [0, 0.1) is 13.8 Å². The minimum Gasteiger partial charge on any atom is -0.477 e. The normalized spacial score (nSPS) is 12.2. The van der Waals surface area contributed by atoms with Crippen LogP contribution in [-0.2, 0) is 4.74 Å². The Bertz CT molecular complexity index is 488. The Hall–Kier alpha value is -1.82. The van der Waals surface area contributed by atoms with Crippen molar-refractivity contribution in [1.29, 1.82) is 0 Å². The van der Waals surface area contributed by atoms with E-state index < -0.39 is 5.97 Å². The highest BCUT2D eigenvalue weighted by Gasteiger charge is 2.23. The van der Waals surface area contributed by atoms with E-state index in [0.29, 0.717) is 23.4 Å². The maximum Gasteiger partial charge on any atom is 0.352 e. The van der Waals surface area contributed by atoms with Crippen LogP contribution >= 0.6 is 0 Å². The maximum atomic E-state index is 12.3. The predicted octanol–water partition coefficient (Wildman–Crippen LogP) is 1.87. The third-order valence-corrected chi connectivity index (χ3v) is 3.22. The van der Waals surface area contributed by atoms with Crippen LogP contribution in [-0.4, -0.2) is 41.7 Å². The summed E-state index contributed by atoms with van der Waals surface area (Å²) in [5.74, 6) is -1.33. The Morgan fingerprint density at radius 3 is 2.50 bits per heavy atom. The van der Waals surface area contributed by atoms with E-state index >= 15 is 0 Å². The number of aromatic nitrogens is 1. The first-order valence-corrected chi connectivity index (χ1v) is 6.64. The molecule has 6 nitrogen and oxygen atoms in total. The summed E-state index contributed by atoms with van der Waals surface area (Å²) in [5.41, 5.74) is 1.48. The average molecular weight is 282 g/mol. The molecule has 0 saturated heterocycles. The van der Waals surface area contributed by atoms with Crippen molar-refractivity contribution >= 4 is 11.9 Å². The van der Waals surface area contributed by atoms with E-state index in [2.05, 4.69) is 10.3 Å². The molecule has 0 saturated carbocycles. The molecule has 0 aromatic carbocycles. The molecule has 1 rings (SSSR count). The zero-order chi connectivity index (χ0) is 15.3. The van der Waals surface area contributed by atoms with Crippen LogP contribution in [0.5, 0.6) is 0 Å². The molecule has 1 amide bonds. The first kappa shape index (κ1) is 16.2. The van der Waals surface area contributed by atoms with E-state index in [1.165, 1.54) is 0 Å². The monoisotopic (exact) mass is 282 g/mol. The Morgan fingerprint density at radius 1 is 1.40 bits per heavy atom. The fourth-order valence-corrected chi connectivity index (χ4v) is 2.31. The second kappa shape index (κ2) is 7.09. The number of H-pyrrole nitrogens is 1. The molecule has 20 heavy (non-hydrogen) atoms. The van der Waals surface area contributed by atoms with E-state index in [-0.39, 0.29) is 17.6 Å². The highest BCUT2D eigenvalue weighted by molar-refractivity contribution is 6.00. The largest absolute Gasteiger partial charge is 0.477 e. The van der Waals surface area contributed by atoms with Crippen LogP contribution < -0.4 is 5.32 Å². The van der Waals surface area contributed by atoms with Crippen LogP contribution in [0.3, 0.4) is 0 Å². The molecular weight excluding hydrogens is 260 g/mol. The van der Waals surface area contributed by atoms with Gasteiger partial charge >= 0.3 is 5.97 Å². The second-order valence-electron chi connectivity index (χ2n) is 4.84. The number of methoxy groups -OCH3 is 1. The molecule has 1 unspecified atom stereocenters. The molecule has 0 spiro atoms. The van der Waals surface area contributed by atoms with Crippen molar-refractivity contribution in [1.82, 2.24) is 10.3 Å². The summed E-state index contributed by atoms with van der Waals surface area (Å²) in [6, 6.07) is -0.0699. The van der Waals surface area contributed by atoms with Gasteiger partial charge in [-0.2, -0.15) is 0 Å². The number of nitrogens with one attached hydrogen (secondary N) is 2. The SMILES string of the molecule is CCCC(COC)NC(=O)c1c(C)[nH]c(C(=O)O)c1C. The Kier molecular flexibility index (Phi) is 5.76. The Labute approximate surface area is 118 Å². The lowest BCUT2D eigenvalue weighted by molar-refractivity contribution is 0.0690. The van der Waals surface area contributed by atoms with Crippen LogP contribution in [0.2, 0.25) is 0 Å². The number of ether oxygens (including phenoxy) is 1. The number of carbonyl (C=O) groups is 2. The lowest BCUT2D eigenvalue weighted by Crippen LogP contribution is -2.38.